The Kier molecular flexibility index (Phi) is 3.90. The van der Waals surface area contributed by atoms with Crippen molar-refractivity contribution in [1.82, 2.24) is 10.6 Å². The SMILES string of the molecule is O=C(NC1(C(=O)O)CCOC1)C1CSCCN1. The van der Waals surface area contributed by atoms with Gasteiger partial charge in [0.2, 0.25) is 5.91 Å². The van der Waals surface area contributed by atoms with Gasteiger partial charge in [-0.2, -0.15) is 11.8 Å². The van der Waals surface area contributed by atoms with E-state index >= 15 is 0 Å². The summed E-state index contributed by atoms with van der Waals surface area (Å²) < 4.78 is 5.09. The summed E-state index contributed by atoms with van der Waals surface area (Å²) in [6, 6.07) is -0.300. The largest absolute Gasteiger partial charge is 0.479 e. The van der Waals surface area contributed by atoms with Gasteiger partial charge < -0.3 is 20.5 Å². The summed E-state index contributed by atoms with van der Waals surface area (Å²) >= 11 is 1.69. The molecular weight excluding hydrogens is 244 g/mol. The Morgan fingerprint density at radius 3 is 2.88 bits per heavy atom. The molecule has 2 saturated heterocycles. The highest BCUT2D eigenvalue weighted by Crippen LogP contribution is 2.19. The first kappa shape index (κ1) is 12.7. The molecule has 7 heteroatoms. The van der Waals surface area contributed by atoms with E-state index in [0.717, 1.165) is 12.3 Å². The van der Waals surface area contributed by atoms with E-state index in [9.17, 15) is 14.7 Å². The quantitative estimate of drug-likeness (QED) is 0.606. The topological polar surface area (TPSA) is 87.7 Å². The predicted molar refractivity (Wildman–Crippen MR) is 63.1 cm³/mol. The van der Waals surface area contributed by atoms with Crippen LogP contribution >= 0.6 is 11.8 Å². The van der Waals surface area contributed by atoms with Gasteiger partial charge in [0.1, 0.15) is 0 Å². The van der Waals surface area contributed by atoms with E-state index < -0.39 is 11.5 Å². The van der Waals surface area contributed by atoms with Crippen molar-refractivity contribution in [1.29, 1.82) is 0 Å². The average Bonchev–Trinajstić information content (AvgIpc) is 2.80. The second kappa shape index (κ2) is 5.24. The molecule has 2 heterocycles. The first-order valence-electron chi connectivity index (χ1n) is 5.58. The summed E-state index contributed by atoms with van der Waals surface area (Å²) in [7, 11) is 0. The van der Waals surface area contributed by atoms with Crippen LogP contribution in [0.1, 0.15) is 6.42 Å². The summed E-state index contributed by atoms with van der Waals surface area (Å²) in [6.45, 7) is 1.20. The monoisotopic (exact) mass is 260 g/mol. The Bertz CT molecular complexity index is 311. The molecule has 0 radical (unpaired) electrons. The Balaban J connectivity index is 1.98. The number of hydrogen-bond acceptors (Lipinski definition) is 5. The third kappa shape index (κ3) is 2.72. The molecule has 2 aliphatic heterocycles. The van der Waals surface area contributed by atoms with Crippen molar-refractivity contribution in [2.24, 2.45) is 0 Å². The summed E-state index contributed by atoms with van der Waals surface area (Å²) in [5.41, 5.74) is -1.24. The van der Waals surface area contributed by atoms with Crippen molar-refractivity contribution >= 4 is 23.6 Å². The number of carbonyl (C=O) groups is 2. The molecule has 0 bridgehead atoms. The van der Waals surface area contributed by atoms with Crippen molar-refractivity contribution in [3.8, 4) is 0 Å². The van der Waals surface area contributed by atoms with E-state index in [4.69, 9.17) is 4.74 Å². The molecule has 2 fully saturated rings. The number of carboxylic acids is 1. The molecule has 17 heavy (non-hydrogen) atoms. The van der Waals surface area contributed by atoms with Crippen molar-refractivity contribution in [2.45, 2.75) is 18.0 Å². The first-order valence-corrected chi connectivity index (χ1v) is 6.74. The molecule has 2 rings (SSSR count). The van der Waals surface area contributed by atoms with E-state index in [0.29, 0.717) is 18.8 Å². The molecule has 3 N–H and O–H groups in total. The summed E-state index contributed by atoms with van der Waals surface area (Å²) in [4.78, 5) is 23.2. The van der Waals surface area contributed by atoms with Gasteiger partial charge in [0.15, 0.2) is 5.54 Å². The van der Waals surface area contributed by atoms with E-state index in [2.05, 4.69) is 10.6 Å². The smallest absolute Gasteiger partial charge is 0.331 e. The van der Waals surface area contributed by atoms with Gasteiger partial charge in [-0.15, -0.1) is 0 Å². The number of rotatable bonds is 3. The van der Waals surface area contributed by atoms with Crippen LogP contribution in [0.15, 0.2) is 0 Å². The summed E-state index contributed by atoms with van der Waals surface area (Å²) in [6.07, 6.45) is 0.327. The number of carbonyl (C=O) groups excluding carboxylic acids is 1. The number of hydrogen-bond donors (Lipinski definition) is 3. The second-order valence-corrected chi connectivity index (χ2v) is 5.41. The fourth-order valence-corrected chi connectivity index (χ4v) is 2.88. The molecule has 1 amide bonds. The lowest BCUT2D eigenvalue weighted by atomic mass is 9.98. The molecule has 0 saturated carbocycles. The van der Waals surface area contributed by atoms with Crippen LogP contribution in [0.3, 0.4) is 0 Å². The zero-order chi connectivity index (χ0) is 12.3. The van der Waals surface area contributed by atoms with Crippen LogP contribution in [0.2, 0.25) is 0 Å². The van der Waals surface area contributed by atoms with Gasteiger partial charge in [-0.25, -0.2) is 4.79 Å². The number of aliphatic carboxylic acids is 1. The zero-order valence-electron chi connectivity index (χ0n) is 9.40. The number of amides is 1. The first-order chi connectivity index (χ1) is 8.14. The highest BCUT2D eigenvalue weighted by molar-refractivity contribution is 7.99. The summed E-state index contributed by atoms with van der Waals surface area (Å²) in [5, 5.41) is 14.9. The van der Waals surface area contributed by atoms with Crippen LogP contribution in [0, 0.1) is 0 Å². The maximum atomic E-state index is 12.0. The Hall–Kier alpha value is -0.790. The van der Waals surface area contributed by atoms with Crippen LogP contribution in [0.25, 0.3) is 0 Å². The molecule has 0 aromatic rings. The normalized spacial score (nSPS) is 33.3. The Morgan fingerprint density at radius 2 is 2.35 bits per heavy atom. The number of ether oxygens (including phenoxy) is 1. The Morgan fingerprint density at radius 1 is 1.53 bits per heavy atom. The molecule has 0 spiro atoms. The van der Waals surface area contributed by atoms with Gasteiger partial charge >= 0.3 is 5.97 Å². The van der Waals surface area contributed by atoms with Crippen LogP contribution in [-0.2, 0) is 14.3 Å². The van der Waals surface area contributed by atoms with Gasteiger partial charge in [-0.05, 0) is 0 Å². The zero-order valence-corrected chi connectivity index (χ0v) is 10.2. The average molecular weight is 260 g/mol. The van der Waals surface area contributed by atoms with E-state index in [1.807, 2.05) is 0 Å². The maximum absolute atomic E-state index is 12.0. The van der Waals surface area contributed by atoms with Crippen LogP contribution < -0.4 is 10.6 Å². The third-order valence-corrected chi connectivity index (χ3v) is 4.09. The van der Waals surface area contributed by atoms with Gasteiger partial charge in [0, 0.05) is 31.1 Å². The fourth-order valence-electron chi connectivity index (χ4n) is 1.94. The number of nitrogens with one attached hydrogen (secondary N) is 2. The van der Waals surface area contributed by atoms with E-state index in [1.165, 1.54) is 0 Å². The minimum Gasteiger partial charge on any atom is -0.479 e. The highest BCUT2D eigenvalue weighted by atomic mass is 32.2. The molecule has 2 unspecified atom stereocenters. The molecular formula is C10H16N2O4S. The van der Waals surface area contributed by atoms with Gasteiger partial charge in [0.25, 0.3) is 0 Å². The fraction of sp³-hybridized carbons (Fsp3) is 0.800. The van der Waals surface area contributed by atoms with Gasteiger partial charge in [0.05, 0.1) is 12.6 Å². The third-order valence-electron chi connectivity index (χ3n) is 3.03. The van der Waals surface area contributed by atoms with Crippen molar-refractivity contribution in [2.75, 3.05) is 31.3 Å². The van der Waals surface area contributed by atoms with Crippen LogP contribution in [-0.4, -0.2) is 59.8 Å². The van der Waals surface area contributed by atoms with Crippen LogP contribution in [0.5, 0.6) is 0 Å². The lowest BCUT2D eigenvalue weighted by Gasteiger charge is -2.28. The van der Waals surface area contributed by atoms with Crippen LogP contribution in [0.4, 0.5) is 0 Å². The minimum atomic E-state index is -1.24. The molecule has 0 aromatic carbocycles. The van der Waals surface area contributed by atoms with Crippen molar-refractivity contribution in [3.05, 3.63) is 0 Å². The second-order valence-electron chi connectivity index (χ2n) is 4.26. The number of thioether (sulfide) groups is 1. The van der Waals surface area contributed by atoms with Crippen molar-refractivity contribution in [3.63, 3.8) is 0 Å². The summed E-state index contributed by atoms with van der Waals surface area (Å²) in [5.74, 6) is 0.399. The molecule has 0 aromatic heterocycles. The molecule has 96 valence electrons. The maximum Gasteiger partial charge on any atom is 0.331 e. The van der Waals surface area contributed by atoms with Gasteiger partial charge in [-0.1, -0.05) is 0 Å². The molecule has 2 atom stereocenters. The standard InChI is InChI=1S/C10H16N2O4S/c13-8(7-5-17-4-2-11-7)12-10(9(14)15)1-3-16-6-10/h7,11H,1-6H2,(H,12,13)(H,14,15). The Labute approximate surface area is 103 Å². The van der Waals surface area contributed by atoms with Gasteiger partial charge in [-0.3, -0.25) is 4.79 Å². The predicted octanol–water partition coefficient (Wildman–Crippen LogP) is -0.949. The minimum absolute atomic E-state index is 0.0495. The molecule has 0 aliphatic carbocycles. The lowest BCUT2D eigenvalue weighted by molar-refractivity contribution is -0.147. The number of carboxylic acid groups (broad SMARTS) is 1. The lowest BCUT2D eigenvalue weighted by Crippen LogP contribution is -2.60. The highest BCUT2D eigenvalue weighted by Gasteiger charge is 2.44. The van der Waals surface area contributed by atoms with E-state index in [-0.39, 0.29) is 18.6 Å². The van der Waals surface area contributed by atoms with E-state index in [1.54, 1.807) is 11.8 Å². The molecule has 6 nitrogen and oxygen atoms in total. The molecule has 2 aliphatic rings. The van der Waals surface area contributed by atoms with Crippen molar-refractivity contribution < 1.29 is 19.4 Å².